The van der Waals surface area contributed by atoms with E-state index >= 15 is 0 Å². The topological polar surface area (TPSA) is 62.4 Å². The Morgan fingerprint density at radius 1 is 1.08 bits per heavy atom. The normalized spacial score (nSPS) is 19.2. The van der Waals surface area contributed by atoms with Crippen molar-refractivity contribution >= 4 is 22.8 Å². The van der Waals surface area contributed by atoms with E-state index in [-0.39, 0.29) is 11.9 Å². The number of amides is 1. The minimum atomic E-state index is -0.644. The Bertz CT molecular complexity index is 977. The number of aromatic amines is 1. The fraction of sp³-hybridized carbons (Fsp3) is 0.238. The van der Waals surface area contributed by atoms with Gasteiger partial charge < -0.3 is 14.6 Å². The maximum atomic E-state index is 12.5. The summed E-state index contributed by atoms with van der Waals surface area (Å²) < 4.78 is 5.01. The molecule has 1 N–H and O–H groups in total. The number of rotatable bonds is 2. The van der Waals surface area contributed by atoms with Crippen LogP contribution in [0.5, 0.6) is 0 Å². The first-order valence-corrected chi connectivity index (χ1v) is 8.63. The Labute approximate surface area is 151 Å². The molecular formula is C21H20N2O3. The monoisotopic (exact) mass is 348 g/mol. The fourth-order valence-corrected chi connectivity index (χ4v) is 3.98. The second kappa shape index (κ2) is 6.33. The maximum absolute atomic E-state index is 12.5. The quantitative estimate of drug-likeness (QED) is 0.724. The van der Waals surface area contributed by atoms with Crippen molar-refractivity contribution in [3.05, 3.63) is 71.4 Å². The predicted molar refractivity (Wildman–Crippen MR) is 98.6 cm³/mol. The number of nitrogens with zero attached hydrogens (tertiary/aromatic N) is 1. The SMILES string of the molecule is COC(=O)[C@@H]1Cc2c([nH]c3ccccc23)[C@H](c2ccccc2)N1C(C)=O. The molecule has 0 saturated heterocycles. The summed E-state index contributed by atoms with van der Waals surface area (Å²) in [5.41, 5.74) is 4.01. The van der Waals surface area contributed by atoms with E-state index in [9.17, 15) is 9.59 Å². The highest BCUT2D eigenvalue weighted by molar-refractivity contribution is 5.90. The Hall–Kier alpha value is -3.08. The largest absolute Gasteiger partial charge is 0.467 e. The van der Waals surface area contributed by atoms with Crippen LogP contribution in [-0.2, 0) is 20.7 Å². The maximum Gasteiger partial charge on any atom is 0.328 e. The van der Waals surface area contributed by atoms with Crippen molar-refractivity contribution < 1.29 is 14.3 Å². The van der Waals surface area contributed by atoms with Crippen LogP contribution in [0.15, 0.2) is 54.6 Å². The van der Waals surface area contributed by atoms with Gasteiger partial charge in [0.25, 0.3) is 0 Å². The number of benzene rings is 2. The molecule has 5 heteroatoms. The minimum absolute atomic E-state index is 0.154. The van der Waals surface area contributed by atoms with Crippen LogP contribution in [0.1, 0.15) is 29.8 Å². The minimum Gasteiger partial charge on any atom is -0.467 e. The van der Waals surface area contributed by atoms with Crippen LogP contribution in [0.2, 0.25) is 0 Å². The number of H-pyrrole nitrogens is 1. The molecule has 26 heavy (non-hydrogen) atoms. The first-order chi connectivity index (χ1) is 12.6. The van der Waals surface area contributed by atoms with Crippen LogP contribution in [-0.4, -0.2) is 34.9 Å². The summed E-state index contributed by atoms with van der Waals surface area (Å²) in [4.78, 5) is 30.2. The van der Waals surface area contributed by atoms with E-state index in [0.717, 1.165) is 27.7 Å². The molecule has 1 aliphatic heterocycles. The molecule has 0 radical (unpaired) electrons. The Morgan fingerprint density at radius 2 is 1.77 bits per heavy atom. The van der Waals surface area contributed by atoms with Gasteiger partial charge in [0.05, 0.1) is 13.2 Å². The van der Waals surface area contributed by atoms with Gasteiger partial charge in [0.2, 0.25) is 5.91 Å². The van der Waals surface area contributed by atoms with E-state index in [2.05, 4.69) is 4.98 Å². The van der Waals surface area contributed by atoms with Crippen molar-refractivity contribution in [2.75, 3.05) is 7.11 Å². The molecule has 2 heterocycles. The average molecular weight is 348 g/mol. The van der Waals surface area contributed by atoms with Crippen molar-refractivity contribution in [2.45, 2.75) is 25.4 Å². The lowest BCUT2D eigenvalue weighted by Crippen LogP contribution is -2.51. The number of aromatic nitrogens is 1. The Balaban J connectivity index is 1.98. The average Bonchev–Trinajstić information content (AvgIpc) is 3.04. The van der Waals surface area contributed by atoms with Gasteiger partial charge in [-0.15, -0.1) is 0 Å². The molecule has 2 aromatic carbocycles. The van der Waals surface area contributed by atoms with Crippen molar-refractivity contribution in [2.24, 2.45) is 0 Å². The smallest absolute Gasteiger partial charge is 0.328 e. The number of nitrogens with one attached hydrogen (secondary N) is 1. The molecule has 0 spiro atoms. The highest BCUT2D eigenvalue weighted by Gasteiger charge is 2.42. The summed E-state index contributed by atoms with van der Waals surface area (Å²) in [5, 5.41) is 1.08. The van der Waals surface area contributed by atoms with Gasteiger partial charge in [-0.2, -0.15) is 0 Å². The molecule has 3 aromatic rings. The van der Waals surface area contributed by atoms with Gasteiger partial charge in [0.15, 0.2) is 0 Å². The standard InChI is InChI=1S/C21H20N2O3/c1-13(24)23-18(21(25)26-2)12-16-15-10-6-7-11-17(15)22-19(16)20(23)14-8-4-3-5-9-14/h3-11,18,20,22H,12H2,1-2H3/t18-,20-/m0/s1. The van der Waals surface area contributed by atoms with Crippen LogP contribution in [0.3, 0.4) is 0 Å². The van der Waals surface area contributed by atoms with Gasteiger partial charge >= 0.3 is 5.97 Å². The molecule has 1 amide bonds. The van der Waals surface area contributed by atoms with Gasteiger partial charge in [-0.05, 0) is 17.2 Å². The molecule has 1 aromatic heterocycles. The predicted octanol–water partition coefficient (Wildman–Crippen LogP) is 3.20. The van der Waals surface area contributed by atoms with E-state index in [1.54, 1.807) is 4.90 Å². The second-order valence-corrected chi connectivity index (χ2v) is 6.55. The highest BCUT2D eigenvalue weighted by atomic mass is 16.5. The van der Waals surface area contributed by atoms with E-state index in [0.29, 0.717) is 6.42 Å². The molecule has 132 valence electrons. The third-order valence-corrected chi connectivity index (χ3v) is 5.08. The number of carbonyl (C=O) groups excluding carboxylic acids is 2. The summed E-state index contributed by atoms with van der Waals surface area (Å²) in [6.45, 7) is 1.50. The Kier molecular flexibility index (Phi) is 3.99. The number of para-hydroxylation sites is 1. The lowest BCUT2D eigenvalue weighted by atomic mass is 9.88. The van der Waals surface area contributed by atoms with Crippen LogP contribution < -0.4 is 0 Å². The van der Waals surface area contributed by atoms with Crippen molar-refractivity contribution in [3.8, 4) is 0 Å². The van der Waals surface area contributed by atoms with Crippen molar-refractivity contribution in [3.63, 3.8) is 0 Å². The molecule has 5 nitrogen and oxygen atoms in total. The zero-order valence-electron chi connectivity index (χ0n) is 14.7. The number of hydrogen-bond donors (Lipinski definition) is 1. The molecule has 0 unspecified atom stereocenters. The Morgan fingerprint density at radius 3 is 2.46 bits per heavy atom. The number of carbonyl (C=O) groups is 2. The summed E-state index contributed by atoms with van der Waals surface area (Å²) in [6.07, 6.45) is 0.439. The zero-order chi connectivity index (χ0) is 18.3. The van der Waals surface area contributed by atoms with Gasteiger partial charge in [0.1, 0.15) is 6.04 Å². The van der Waals surface area contributed by atoms with Gasteiger partial charge in [0, 0.05) is 29.9 Å². The first kappa shape index (κ1) is 16.4. The van der Waals surface area contributed by atoms with E-state index < -0.39 is 12.0 Å². The zero-order valence-corrected chi connectivity index (χ0v) is 14.7. The molecule has 0 saturated carbocycles. The lowest BCUT2D eigenvalue weighted by Gasteiger charge is -2.40. The molecule has 1 aliphatic rings. The summed E-state index contributed by atoms with van der Waals surface area (Å²) in [5.74, 6) is -0.546. The number of esters is 1. The second-order valence-electron chi connectivity index (χ2n) is 6.55. The van der Waals surface area contributed by atoms with Crippen molar-refractivity contribution in [1.29, 1.82) is 0 Å². The lowest BCUT2D eigenvalue weighted by molar-refractivity contribution is -0.154. The summed E-state index contributed by atoms with van der Waals surface area (Å²) in [7, 11) is 1.36. The van der Waals surface area contributed by atoms with E-state index in [4.69, 9.17) is 4.74 Å². The van der Waals surface area contributed by atoms with Gasteiger partial charge in [-0.25, -0.2) is 4.79 Å². The van der Waals surface area contributed by atoms with E-state index in [1.165, 1.54) is 14.0 Å². The van der Waals surface area contributed by atoms with Crippen LogP contribution in [0.4, 0.5) is 0 Å². The third-order valence-electron chi connectivity index (χ3n) is 5.08. The van der Waals surface area contributed by atoms with E-state index in [1.807, 2.05) is 54.6 Å². The van der Waals surface area contributed by atoms with Crippen LogP contribution >= 0.6 is 0 Å². The summed E-state index contributed by atoms with van der Waals surface area (Å²) in [6, 6.07) is 16.8. The number of fused-ring (bicyclic) bond motifs is 3. The molecular weight excluding hydrogens is 328 g/mol. The van der Waals surface area contributed by atoms with Crippen LogP contribution in [0.25, 0.3) is 10.9 Å². The van der Waals surface area contributed by atoms with Crippen LogP contribution in [0, 0.1) is 0 Å². The number of methoxy groups -OCH3 is 1. The number of hydrogen-bond acceptors (Lipinski definition) is 3. The molecule has 4 rings (SSSR count). The molecule has 0 fully saturated rings. The molecule has 0 bridgehead atoms. The molecule has 2 atom stereocenters. The summed E-state index contributed by atoms with van der Waals surface area (Å²) >= 11 is 0. The first-order valence-electron chi connectivity index (χ1n) is 8.63. The van der Waals surface area contributed by atoms with Gasteiger partial charge in [-0.3, -0.25) is 4.79 Å². The molecule has 0 aliphatic carbocycles. The third kappa shape index (κ3) is 2.47. The van der Waals surface area contributed by atoms with Crippen molar-refractivity contribution in [1.82, 2.24) is 9.88 Å². The van der Waals surface area contributed by atoms with Gasteiger partial charge in [-0.1, -0.05) is 48.5 Å². The number of ether oxygens (including phenoxy) is 1. The fourth-order valence-electron chi connectivity index (χ4n) is 3.98. The highest BCUT2D eigenvalue weighted by Crippen LogP contribution is 2.41.